The average Bonchev–Trinajstić information content (AvgIpc) is 3.14. The van der Waals surface area contributed by atoms with Crippen molar-refractivity contribution in [3.8, 4) is 11.1 Å². The van der Waals surface area contributed by atoms with Gasteiger partial charge in [0.2, 0.25) is 11.8 Å². The maximum absolute atomic E-state index is 13.9. The quantitative estimate of drug-likeness (QED) is 0.403. The van der Waals surface area contributed by atoms with Gasteiger partial charge in [-0.05, 0) is 56.2 Å². The Hall–Kier alpha value is -3.70. The van der Waals surface area contributed by atoms with Gasteiger partial charge >= 0.3 is 5.69 Å². The molecule has 3 aromatic rings. The summed E-state index contributed by atoms with van der Waals surface area (Å²) < 4.78 is 21.5. The van der Waals surface area contributed by atoms with E-state index in [0.717, 1.165) is 32.5 Å². The third kappa shape index (κ3) is 5.55. The maximum Gasteiger partial charge on any atom is 0.350 e. The minimum Gasteiger partial charge on any atom is -0.366 e. The predicted octanol–water partition coefficient (Wildman–Crippen LogP) is 3.70. The van der Waals surface area contributed by atoms with Gasteiger partial charge in [0.05, 0.1) is 18.2 Å². The first-order valence-electron chi connectivity index (χ1n) is 14.0. The van der Waals surface area contributed by atoms with E-state index in [4.69, 9.17) is 4.74 Å². The lowest BCUT2D eigenvalue weighted by molar-refractivity contribution is -0.135. The van der Waals surface area contributed by atoms with Crippen molar-refractivity contribution < 1.29 is 18.7 Å². The highest BCUT2D eigenvalue weighted by Gasteiger charge is 2.35. The largest absolute Gasteiger partial charge is 0.366 e. The molecule has 9 nitrogen and oxygen atoms in total. The Labute approximate surface area is 248 Å². The van der Waals surface area contributed by atoms with Crippen molar-refractivity contribution in [1.82, 2.24) is 19.4 Å². The van der Waals surface area contributed by atoms with Gasteiger partial charge in [-0.25, -0.2) is 9.18 Å². The third-order valence-corrected chi connectivity index (χ3v) is 9.14. The van der Waals surface area contributed by atoms with Crippen molar-refractivity contribution in [3.05, 3.63) is 64.9 Å². The highest BCUT2D eigenvalue weighted by Crippen LogP contribution is 2.43. The van der Waals surface area contributed by atoms with E-state index < -0.39 is 11.8 Å². The van der Waals surface area contributed by atoms with Gasteiger partial charge in [0, 0.05) is 60.9 Å². The molecule has 1 saturated heterocycles. The molecule has 2 amide bonds. The molecule has 0 saturated carbocycles. The molecule has 3 heterocycles. The number of rotatable bonds is 6. The molecule has 0 spiro atoms. The SMILES string of the molecule is C=CC(=O)N1[C@H](C)CN(c2nc(=O)n3c4c(c(-c5ccc(F)cc5)c(C)cc24)SC[C@@H](OCC(=O)N(C)C)C3)C[C@@H]1C. The molecule has 1 aromatic heterocycles. The van der Waals surface area contributed by atoms with E-state index in [-0.39, 0.29) is 42.9 Å². The maximum atomic E-state index is 13.9. The molecular formula is C31H36FN5O4S. The lowest BCUT2D eigenvalue weighted by Crippen LogP contribution is -2.58. The van der Waals surface area contributed by atoms with Gasteiger partial charge in [0.15, 0.2) is 0 Å². The zero-order valence-corrected chi connectivity index (χ0v) is 25.4. The Morgan fingerprint density at radius 2 is 1.83 bits per heavy atom. The molecule has 0 bridgehead atoms. The number of hydrogen-bond acceptors (Lipinski definition) is 7. The zero-order valence-electron chi connectivity index (χ0n) is 24.6. The van der Waals surface area contributed by atoms with Crippen LogP contribution in [0, 0.1) is 12.7 Å². The number of aryl methyl sites for hydroxylation is 1. The van der Waals surface area contributed by atoms with E-state index in [1.54, 1.807) is 42.6 Å². The van der Waals surface area contributed by atoms with Crippen molar-refractivity contribution >= 4 is 40.3 Å². The Balaban J connectivity index is 1.66. The number of benzene rings is 2. The molecule has 2 aliphatic heterocycles. The van der Waals surface area contributed by atoms with Gasteiger partial charge in [-0.3, -0.25) is 14.2 Å². The molecule has 222 valence electrons. The number of ether oxygens (including phenoxy) is 1. The van der Waals surface area contributed by atoms with Gasteiger partial charge < -0.3 is 19.4 Å². The van der Waals surface area contributed by atoms with Gasteiger partial charge in [0.1, 0.15) is 18.2 Å². The van der Waals surface area contributed by atoms with Crippen LogP contribution in [0.15, 0.2) is 52.7 Å². The van der Waals surface area contributed by atoms with Crippen LogP contribution in [0.25, 0.3) is 22.0 Å². The fraction of sp³-hybridized carbons (Fsp3) is 0.419. The monoisotopic (exact) mass is 593 g/mol. The average molecular weight is 594 g/mol. The van der Waals surface area contributed by atoms with Gasteiger partial charge in [-0.1, -0.05) is 18.7 Å². The van der Waals surface area contributed by atoms with Crippen LogP contribution in [-0.2, 0) is 20.9 Å². The van der Waals surface area contributed by atoms with E-state index in [9.17, 15) is 18.8 Å². The number of likely N-dealkylation sites (N-methyl/N-ethyl adjacent to an activating group) is 1. The van der Waals surface area contributed by atoms with Crippen LogP contribution in [0.4, 0.5) is 10.2 Å². The minimum atomic E-state index is -0.410. The number of nitrogens with zero attached hydrogens (tertiary/aromatic N) is 5. The summed E-state index contributed by atoms with van der Waals surface area (Å²) >= 11 is 1.57. The molecule has 0 unspecified atom stereocenters. The second-order valence-corrected chi connectivity index (χ2v) is 12.2. The molecular weight excluding hydrogens is 557 g/mol. The summed E-state index contributed by atoms with van der Waals surface area (Å²) in [6.07, 6.45) is 0.927. The lowest BCUT2D eigenvalue weighted by Gasteiger charge is -2.44. The Kier molecular flexibility index (Phi) is 8.43. The summed E-state index contributed by atoms with van der Waals surface area (Å²) in [6.45, 7) is 10.8. The second-order valence-electron chi connectivity index (χ2n) is 11.2. The number of piperazine rings is 1. The second kappa shape index (κ2) is 11.9. The number of carbonyl (C=O) groups excluding carboxylic acids is 2. The first-order chi connectivity index (χ1) is 20.0. The summed E-state index contributed by atoms with van der Waals surface area (Å²) in [4.78, 5) is 49.4. The molecule has 0 radical (unpaired) electrons. The number of amides is 2. The smallest absolute Gasteiger partial charge is 0.350 e. The number of anilines is 1. The van der Waals surface area contributed by atoms with Gasteiger partial charge in [0.25, 0.3) is 0 Å². The number of hydrogen-bond donors (Lipinski definition) is 0. The van der Waals surface area contributed by atoms with Crippen LogP contribution >= 0.6 is 11.8 Å². The normalized spacial score (nSPS) is 20.4. The molecule has 0 aliphatic carbocycles. The molecule has 3 atom stereocenters. The van der Waals surface area contributed by atoms with Crippen LogP contribution in [0.1, 0.15) is 19.4 Å². The fourth-order valence-corrected chi connectivity index (χ4v) is 7.27. The first kappa shape index (κ1) is 29.8. The number of halogens is 1. The Morgan fingerprint density at radius 1 is 1.17 bits per heavy atom. The first-order valence-corrected chi connectivity index (χ1v) is 15.0. The zero-order chi connectivity index (χ0) is 30.3. The van der Waals surface area contributed by atoms with E-state index in [1.807, 2.05) is 31.7 Å². The number of aromatic nitrogens is 2. The van der Waals surface area contributed by atoms with Crippen molar-refractivity contribution in [2.45, 2.75) is 50.4 Å². The van der Waals surface area contributed by atoms with Crippen LogP contribution in [0.3, 0.4) is 0 Å². The van der Waals surface area contributed by atoms with Crippen LogP contribution in [0.5, 0.6) is 0 Å². The van der Waals surface area contributed by atoms with Crippen LogP contribution in [-0.4, -0.2) is 88.9 Å². The van der Waals surface area contributed by atoms with Crippen LogP contribution < -0.4 is 10.6 Å². The van der Waals surface area contributed by atoms with Crippen molar-refractivity contribution in [1.29, 1.82) is 0 Å². The predicted molar refractivity (Wildman–Crippen MR) is 163 cm³/mol. The van der Waals surface area contributed by atoms with E-state index in [2.05, 4.69) is 16.5 Å². The van der Waals surface area contributed by atoms with Crippen molar-refractivity contribution in [2.24, 2.45) is 0 Å². The van der Waals surface area contributed by atoms with Crippen molar-refractivity contribution in [2.75, 3.05) is 44.4 Å². The minimum absolute atomic E-state index is 0.0920. The summed E-state index contributed by atoms with van der Waals surface area (Å²) in [5.74, 6) is 0.489. The Morgan fingerprint density at radius 3 is 2.45 bits per heavy atom. The summed E-state index contributed by atoms with van der Waals surface area (Å²) in [6, 6.07) is 8.18. The van der Waals surface area contributed by atoms with Crippen LogP contribution in [0.2, 0.25) is 0 Å². The molecule has 11 heteroatoms. The lowest BCUT2D eigenvalue weighted by atomic mass is 9.97. The summed E-state index contributed by atoms with van der Waals surface area (Å²) in [7, 11) is 3.35. The van der Waals surface area contributed by atoms with Crippen molar-refractivity contribution in [3.63, 3.8) is 0 Å². The van der Waals surface area contributed by atoms with E-state index in [0.29, 0.717) is 24.7 Å². The Bertz CT molecular complexity index is 1590. The molecule has 2 aliphatic rings. The van der Waals surface area contributed by atoms with E-state index in [1.165, 1.54) is 23.1 Å². The molecule has 0 N–H and O–H groups in total. The molecule has 42 heavy (non-hydrogen) atoms. The summed E-state index contributed by atoms with van der Waals surface area (Å²) in [5.41, 5.74) is 3.07. The highest BCUT2D eigenvalue weighted by molar-refractivity contribution is 7.99. The standard InChI is InChI=1S/C31H36FN5O4S/c1-7-25(38)37-19(3)13-35(14-20(37)4)30-24-12-18(2)27(21-8-10-22(32)11-9-21)29-28(24)36(31(40)33-30)15-23(17-42-29)41-16-26(39)34(5)6/h7-12,19-20,23H,1,13-17H2,2-6H3/t19-,20+,23-/m0/s1. The topological polar surface area (TPSA) is 88.0 Å². The molecule has 5 rings (SSSR count). The molecule has 2 aromatic carbocycles. The molecule has 1 fully saturated rings. The van der Waals surface area contributed by atoms with E-state index >= 15 is 0 Å². The van der Waals surface area contributed by atoms with Gasteiger partial charge in [-0.2, -0.15) is 4.98 Å². The number of carbonyl (C=O) groups is 2. The highest BCUT2D eigenvalue weighted by atomic mass is 32.2. The fourth-order valence-electron chi connectivity index (χ4n) is 5.94. The van der Waals surface area contributed by atoms with Gasteiger partial charge in [-0.15, -0.1) is 11.8 Å². The third-order valence-electron chi connectivity index (χ3n) is 7.92. The number of thioether (sulfide) groups is 1. The summed E-state index contributed by atoms with van der Waals surface area (Å²) in [5, 5.41) is 0.827.